The third-order valence-corrected chi connectivity index (χ3v) is 4.00. The summed E-state index contributed by atoms with van der Waals surface area (Å²) in [5, 5.41) is 19.6. The topological polar surface area (TPSA) is 57.5 Å². The lowest BCUT2D eigenvalue weighted by Gasteiger charge is -2.21. The summed E-state index contributed by atoms with van der Waals surface area (Å²) >= 11 is 6.15. The Labute approximate surface area is 111 Å². The second-order valence-electron chi connectivity index (χ2n) is 5.56. The van der Waals surface area contributed by atoms with Crippen LogP contribution in [-0.4, -0.2) is 16.2 Å². The fourth-order valence-electron chi connectivity index (χ4n) is 2.43. The zero-order valence-corrected chi connectivity index (χ0v) is 11.3. The largest absolute Gasteiger partial charge is 0.506 e. The van der Waals surface area contributed by atoms with E-state index in [9.17, 15) is 9.90 Å². The van der Waals surface area contributed by atoms with Gasteiger partial charge in [-0.05, 0) is 56.2 Å². The van der Waals surface area contributed by atoms with E-state index in [-0.39, 0.29) is 12.2 Å². The first-order valence-corrected chi connectivity index (χ1v) is 6.46. The second-order valence-corrected chi connectivity index (χ2v) is 5.93. The summed E-state index contributed by atoms with van der Waals surface area (Å²) in [6.45, 7) is 3.30. The Morgan fingerprint density at radius 3 is 2.72 bits per heavy atom. The summed E-state index contributed by atoms with van der Waals surface area (Å²) < 4.78 is 0. The molecule has 1 aliphatic carbocycles. The van der Waals surface area contributed by atoms with Gasteiger partial charge >= 0.3 is 5.97 Å². The molecule has 2 N–H and O–H groups in total. The molecule has 98 valence electrons. The molecule has 4 heteroatoms. The minimum atomic E-state index is -0.909. The van der Waals surface area contributed by atoms with Gasteiger partial charge in [0.05, 0.1) is 10.4 Å². The Morgan fingerprint density at radius 1 is 1.44 bits per heavy atom. The van der Waals surface area contributed by atoms with Gasteiger partial charge in [0.2, 0.25) is 0 Å². The Kier molecular flexibility index (Phi) is 3.28. The monoisotopic (exact) mass is 268 g/mol. The summed E-state index contributed by atoms with van der Waals surface area (Å²) in [6.07, 6.45) is 3.17. The van der Waals surface area contributed by atoms with Crippen molar-refractivity contribution in [2.24, 2.45) is 5.41 Å². The minimum absolute atomic E-state index is 0.0478. The number of benzene rings is 1. The Hall–Kier alpha value is -1.22. The maximum Gasteiger partial charge on any atom is 0.309 e. The Balaban J connectivity index is 2.41. The lowest BCUT2D eigenvalue weighted by atomic mass is 9.85. The predicted molar refractivity (Wildman–Crippen MR) is 70.3 cm³/mol. The number of carboxylic acids is 1. The second kappa shape index (κ2) is 4.47. The number of phenols is 1. The molecular weight excluding hydrogens is 252 g/mol. The number of aliphatic carboxylic acids is 1. The number of phenolic OH excluding ortho intramolecular Hbond substituents is 1. The highest BCUT2D eigenvalue weighted by Gasteiger charge is 2.30. The molecule has 1 aromatic carbocycles. The van der Waals surface area contributed by atoms with E-state index in [1.807, 2.05) is 6.07 Å². The molecule has 0 bridgehead atoms. The molecule has 0 amide bonds. The van der Waals surface area contributed by atoms with Crippen LogP contribution >= 0.6 is 11.6 Å². The number of rotatable bonds is 3. The summed E-state index contributed by atoms with van der Waals surface area (Å²) in [6, 6.07) is 1.91. The molecule has 1 aliphatic rings. The number of aryl methyl sites for hydroxylation is 1. The van der Waals surface area contributed by atoms with Gasteiger partial charge in [0, 0.05) is 0 Å². The third kappa shape index (κ3) is 2.19. The van der Waals surface area contributed by atoms with E-state index >= 15 is 0 Å². The molecule has 0 aromatic heterocycles. The van der Waals surface area contributed by atoms with Gasteiger partial charge < -0.3 is 10.2 Å². The van der Waals surface area contributed by atoms with Crippen LogP contribution in [0.4, 0.5) is 0 Å². The van der Waals surface area contributed by atoms with Crippen molar-refractivity contribution in [3.8, 4) is 5.75 Å². The number of hydrogen-bond donors (Lipinski definition) is 2. The van der Waals surface area contributed by atoms with Crippen molar-refractivity contribution >= 4 is 17.6 Å². The quantitative estimate of drug-likeness (QED) is 0.885. The van der Waals surface area contributed by atoms with Crippen LogP contribution < -0.4 is 0 Å². The number of carbonyl (C=O) groups is 1. The maximum atomic E-state index is 11.1. The molecule has 3 nitrogen and oxygen atoms in total. The first-order valence-electron chi connectivity index (χ1n) is 6.08. The molecule has 0 atom stereocenters. The van der Waals surface area contributed by atoms with Crippen molar-refractivity contribution in [2.45, 2.75) is 39.5 Å². The maximum absolute atomic E-state index is 11.1. The number of fused-ring (bicyclic) bond motifs is 1. The van der Waals surface area contributed by atoms with E-state index in [0.29, 0.717) is 10.6 Å². The highest BCUT2D eigenvalue weighted by Crippen LogP contribution is 2.40. The number of hydrogen-bond acceptors (Lipinski definition) is 2. The Bertz CT molecular complexity index is 506. The third-order valence-electron chi connectivity index (χ3n) is 3.60. The molecule has 0 aliphatic heterocycles. The fraction of sp³-hybridized carbons (Fsp3) is 0.500. The van der Waals surface area contributed by atoms with E-state index < -0.39 is 11.4 Å². The van der Waals surface area contributed by atoms with Gasteiger partial charge in [-0.2, -0.15) is 0 Å². The number of halogens is 1. The summed E-state index contributed by atoms with van der Waals surface area (Å²) in [5.74, 6) is -0.829. The van der Waals surface area contributed by atoms with Crippen LogP contribution in [-0.2, 0) is 24.1 Å². The number of carboxylic acid groups (broad SMARTS) is 1. The molecule has 0 saturated heterocycles. The van der Waals surface area contributed by atoms with Crippen molar-refractivity contribution in [1.82, 2.24) is 0 Å². The van der Waals surface area contributed by atoms with Gasteiger partial charge in [0.1, 0.15) is 5.75 Å². The van der Waals surface area contributed by atoms with Gasteiger partial charge in [-0.3, -0.25) is 4.79 Å². The average Bonchev–Trinajstić information content (AvgIpc) is 2.73. The highest BCUT2D eigenvalue weighted by atomic mass is 35.5. The van der Waals surface area contributed by atoms with Gasteiger partial charge in [0.15, 0.2) is 0 Å². The first-order chi connectivity index (χ1) is 8.33. The van der Waals surface area contributed by atoms with Crippen LogP contribution in [0.25, 0.3) is 0 Å². The zero-order valence-electron chi connectivity index (χ0n) is 10.6. The molecule has 0 saturated carbocycles. The van der Waals surface area contributed by atoms with E-state index in [4.69, 9.17) is 16.7 Å². The van der Waals surface area contributed by atoms with Crippen molar-refractivity contribution < 1.29 is 15.0 Å². The van der Waals surface area contributed by atoms with Gasteiger partial charge in [0.25, 0.3) is 0 Å². The van der Waals surface area contributed by atoms with Gasteiger partial charge in [-0.1, -0.05) is 17.7 Å². The summed E-state index contributed by atoms with van der Waals surface area (Å²) in [7, 11) is 0. The van der Waals surface area contributed by atoms with Crippen LogP contribution in [0.2, 0.25) is 5.02 Å². The number of aromatic hydroxyl groups is 1. The van der Waals surface area contributed by atoms with Crippen LogP contribution in [0.5, 0.6) is 5.75 Å². The molecule has 0 radical (unpaired) electrons. The zero-order chi connectivity index (χ0) is 13.5. The summed E-state index contributed by atoms with van der Waals surface area (Å²) in [5.41, 5.74) is 1.89. The lowest BCUT2D eigenvalue weighted by molar-refractivity contribution is -0.146. The smallest absolute Gasteiger partial charge is 0.309 e. The van der Waals surface area contributed by atoms with Crippen molar-refractivity contribution in [2.75, 3.05) is 0 Å². The fourth-order valence-corrected chi connectivity index (χ4v) is 2.76. The van der Waals surface area contributed by atoms with E-state index in [1.165, 1.54) is 0 Å². The Morgan fingerprint density at radius 2 is 2.11 bits per heavy atom. The SMILES string of the molecule is CC(C)(Cc1cc2c(c(Cl)c1O)CCC2)C(=O)O. The molecule has 0 heterocycles. The van der Waals surface area contributed by atoms with E-state index in [0.717, 1.165) is 30.4 Å². The van der Waals surface area contributed by atoms with Gasteiger partial charge in [-0.25, -0.2) is 0 Å². The molecule has 2 rings (SSSR count). The lowest BCUT2D eigenvalue weighted by Crippen LogP contribution is -2.26. The molecule has 0 spiro atoms. The minimum Gasteiger partial charge on any atom is -0.506 e. The predicted octanol–water partition coefficient (Wildman–Crippen LogP) is 3.19. The van der Waals surface area contributed by atoms with Crippen molar-refractivity contribution in [1.29, 1.82) is 0 Å². The molecular formula is C14H17ClO3. The highest BCUT2D eigenvalue weighted by molar-refractivity contribution is 6.33. The van der Waals surface area contributed by atoms with E-state index in [2.05, 4.69) is 0 Å². The average molecular weight is 269 g/mol. The van der Waals surface area contributed by atoms with Crippen molar-refractivity contribution in [3.63, 3.8) is 0 Å². The van der Waals surface area contributed by atoms with Gasteiger partial charge in [-0.15, -0.1) is 0 Å². The molecule has 18 heavy (non-hydrogen) atoms. The first kappa shape index (κ1) is 13.2. The summed E-state index contributed by atoms with van der Waals surface area (Å²) in [4.78, 5) is 11.1. The normalized spacial score (nSPS) is 14.6. The molecule has 0 unspecified atom stereocenters. The van der Waals surface area contributed by atoms with Crippen molar-refractivity contribution in [3.05, 3.63) is 27.8 Å². The van der Waals surface area contributed by atoms with Crippen LogP contribution in [0, 0.1) is 5.41 Å². The van der Waals surface area contributed by atoms with Crippen LogP contribution in [0.3, 0.4) is 0 Å². The van der Waals surface area contributed by atoms with Crippen LogP contribution in [0.15, 0.2) is 6.07 Å². The van der Waals surface area contributed by atoms with E-state index in [1.54, 1.807) is 13.8 Å². The van der Waals surface area contributed by atoms with Crippen LogP contribution in [0.1, 0.15) is 37.0 Å². The molecule has 0 fully saturated rings. The molecule has 1 aromatic rings. The standard InChI is InChI=1S/C14H17ClO3/c1-14(2,13(17)18)7-9-6-8-4-3-5-10(8)11(15)12(9)16/h6,16H,3-5,7H2,1-2H3,(H,17,18).